The number of carbonyl (C=O) groups is 4. The van der Waals surface area contributed by atoms with Crippen molar-refractivity contribution in [2.24, 2.45) is 5.73 Å². The third-order valence-corrected chi connectivity index (χ3v) is 7.49. The zero-order valence-corrected chi connectivity index (χ0v) is 27.4. The van der Waals surface area contributed by atoms with Crippen molar-refractivity contribution in [3.8, 4) is 5.75 Å². The molecule has 5 N–H and O–H groups in total. The molecule has 0 saturated heterocycles. The van der Waals surface area contributed by atoms with E-state index in [0.717, 1.165) is 42.9 Å². The monoisotopic (exact) mass is 632 g/mol. The Morgan fingerprint density at radius 3 is 2.20 bits per heavy atom. The quantitative estimate of drug-likeness (QED) is 0.131. The molecule has 0 spiro atoms. The van der Waals surface area contributed by atoms with Crippen molar-refractivity contribution in [3.63, 3.8) is 0 Å². The first kappa shape index (κ1) is 35.9. The number of benzene rings is 3. The molecule has 46 heavy (non-hydrogen) atoms. The van der Waals surface area contributed by atoms with Crippen LogP contribution < -0.4 is 16.4 Å². The molecule has 0 saturated carbocycles. The number of unbranched alkanes of at least 4 members (excludes halogenated alkanes) is 5. The Hall–Kier alpha value is -4.60. The standard InChI is InChI=1S/C36H48N4O6/c1-5-6-7-8-9-12-23-40(34(44)30(21-22-31(37)42)39-35(45)46-36(2,3)4)32(26-16-19-29(41)20-17-26)33(43)38-28-18-15-25-13-10-11-14-27(25)24-28/h10-11,13-20,24,30,32,41H,5-9,12,21-23H2,1-4H3,(H2,37,42)(H,38,43)(H,39,45). The lowest BCUT2D eigenvalue weighted by Crippen LogP contribution is -2.52. The van der Waals surface area contributed by atoms with Crippen molar-refractivity contribution in [2.75, 3.05) is 11.9 Å². The topological polar surface area (TPSA) is 151 Å². The number of phenolic OH excluding ortho intramolecular Hbond substituents is 1. The molecule has 10 nitrogen and oxygen atoms in total. The van der Waals surface area contributed by atoms with Crippen LogP contribution in [0.3, 0.4) is 0 Å². The molecule has 0 fully saturated rings. The van der Waals surface area contributed by atoms with Crippen molar-refractivity contribution in [1.82, 2.24) is 10.2 Å². The fraction of sp³-hybridized carbons (Fsp3) is 0.444. The van der Waals surface area contributed by atoms with Crippen LogP contribution in [0.1, 0.15) is 90.7 Å². The summed E-state index contributed by atoms with van der Waals surface area (Å²) in [5.74, 6) is -1.63. The van der Waals surface area contributed by atoms with Crippen LogP contribution in [0.2, 0.25) is 0 Å². The van der Waals surface area contributed by atoms with Gasteiger partial charge in [0.05, 0.1) is 0 Å². The Balaban J connectivity index is 2.01. The van der Waals surface area contributed by atoms with E-state index in [4.69, 9.17) is 10.5 Å². The number of nitrogens with one attached hydrogen (secondary N) is 2. The fourth-order valence-electron chi connectivity index (χ4n) is 5.23. The van der Waals surface area contributed by atoms with Gasteiger partial charge in [0, 0.05) is 18.7 Å². The predicted octanol–water partition coefficient (Wildman–Crippen LogP) is 6.57. The molecule has 3 rings (SSSR count). The molecule has 2 atom stereocenters. The van der Waals surface area contributed by atoms with E-state index in [9.17, 15) is 24.3 Å². The maximum atomic E-state index is 14.4. The van der Waals surface area contributed by atoms with E-state index in [-0.39, 0.29) is 25.1 Å². The second-order valence-electron chi connectivity index (χ2n) is 12.5. The van der Waals surface area contributed by atoms with Crippen LogP contribution in [-0.2, 0) is 19.1 Å². The Bertz CT molecular complexity index is 1470. The number of nitrogens with zero attached hydrogens (tertiary/aromatic N) is 1. The number of primary amides is 1. The molecule has 3 aromatic carbocycles. The number of anilines is 1. The summed E-state index contributed by atoms with van der Waals surface area (Å²) in [7, 11) is 0. The van der Waals surface area contributed by atoms with Crippen LogP contribution in [0.25, 0.3) is 10.8 Å². The van der Waals surface area contributed by atoms with E-state index in [1.54, 1.807) is 39.0 Å². The van der Waals surface area contributed by atoms with Crippen LogP contribution in [0.5, 0.6) is 5.75 Å². The van der Waals surface area contributed by atoms with E-state index in [2.05, 4.69) is 17.6 Å². The SMILES string of the molecule is CCCCCCCCN(C(=O)C(CCC(N)=O)NC(=O)OC(C)(C)C)C(C(=O)Nc1ccc2ccccc2c1)c1ccc(O)cc1. The summed E-state index contributed by atoms with van der Waals surface area (Å²) in [5.41, 5.74) is 5.63. The first-order chi connectivity index (χ1) is 21.9. The van der Waals surface area contributed by atoms with Gasteiger partial charge in [0.25, 0.3) is 5.91 Å². The van der Waals surface area contributed by atoms with Crippen molar-refractivity contribution in [2.45, 2.75) is 96.7 Å². The molecule has 2 unspecified atom stereocenters. The van der Waals surface area contributed by atoms with Gasteiger partial charge in [-0.2, -0.15) is 0 Å². The third kappa shape index (κ3) is 11.4. The molecule has 4 amide bonds. The molecule has 0 aromatic heterocycles. The Morgan fingerprint density at radius 2 is 1.54 bits per heavy atom. The summed E-state index contributed by atoms with van der Waals surface area (Å²) in [6.07, 6.45) is 4.64. The van der Waals surface area contributed by atoms with Crippen molar-refractivity contribution >= 4 is 40.3 Å². The lowest BCUT2D eigenvalue weighted by Gasteiger charge is -2.34. The van der Waals surface area contributed by atoms with Crippen molar-refractivity contribution in [1.29, 1.82) is 0 Å². The third-order valence-electron chi connectivity index (χ3n) is 7.49. The fourth-order valence-corrected chi connectivity index (χ4v) is 5.23. The van der Waals surface area contributed by atoms with Gasteiger partial charge in [-0.05, 0) is 74.2 Å². The highest BCUT2D eigenvalue weighted by molar-refractivity contribution is 6.00. The second kappa shape index (κ2) is 17.2. The molecule has 0 radical (unpaired) electrons. The lowest BCUT2D eigenvalue weighted by molar-refractivity contribution is -0.141. The van der Waals surface area contributed by atoms with Gasteiger partial charge in [0.1, 0.15) is 23.4 Å². The van der Waals surface area contributed by atoms with E-state index in [0.29, 0.717) is 17.7 Å². The van der Waals surface area contributed by atoms with Crippen LogP contribution in [0.15, 0.2) is 66.7 Å². The number of phenols is 1. The molecular formula is C36H48N4O6. The number of hydrogen-bond donors (Lipinski definition) is 4. The van der Waals surface area contributed by atoms with E-state index in [1.807, 2.05) is 36.4 Å². The highest BCUT2D eigenvalue weighted by Crippen LogP contribution is 2.28. The zero-order chi connectivity index (χ0) is 33.7. The van der Waals surface area contributed by atoms with Gasteiger partial charge >= 0.3 is 6.09 Å². The molecule has 0 aliphatic rings. The summed E-state index contributed by atoms with van der Waals surface area (Å²) in [6, 6.07) is 17.2. The normalized spacial score (nSPS) is 12.6. The second-order valence-corrected chi connectivity index (χ2v) is 12.5. The Labute approximate surface area is 271 Å². The zero-order valence-electron chi connectivity index (χ0n) is 27.4. The number of nitrogens with two attached hydrogens (primary N) is 1. The van der Waals surface area contributed by atoms with Gasteiger partial charge in [-0.3, -0.25) is 14.4 Å². The molecule has 3 aromatic rings. The summed E-state index contributed by atoms with van der Waals surface area (Å²) in [4.78, 5) is 54.7. The smallest absolute Gasteiger partial charge is 0.408 e. The van der Waals surface area contributed by atoms with Gasteiger partial charge in [0.15, 0.2) is 0 Å². The summed E-state index contributed by atoms with van der Waals surface area (Å²) < 4.78 is 5.42. The molecular weight excluding hydrogens is 584 g/mol. The number of ether oxygens (including phenoxy) is 1. The minimum Gasteiger partial charge on any atom is -0.508 e. The van der Waals surface area contributed by atoms with Crippen LogP contribution in [0.4, 0.5) is 10.5 Å². The van der Waals surface area contributed by atoms with Gasteiger partial charge in [0.2, 0.25) is 11.8 Å². The maximum absolute atomic E-state index is 14.4. The summed E-state index contributed by atoms with van der Waals surface area (Å²) >= 11 is 0. The average Bonchev–Trinajstić information content (AvgIpc) is 2.99. The Morgan fingerprint density at radius 1 is 0.891 bits per heavy atom. The predicted molar refractivity (Wildman–Crippen MR) is 180 cm³/mol. The molecule has 10 heteroatoms. The first-order valence-corrected chi connectivity index (χ1v) is 16.0. The number of hydrogen-bond acceptors (Lipinski definition) is 6. The summed E-state index contributed by atoms with van der Waals surface area (Å²) in [5, 5.41) is 17.6. The van der Waals surface area contributed by atoms with Crippen molar-refractivity contribution in [3.05, 3.63) is 72.3 Å². The molecule has 0 bridgehead atoms. The number of aromatic hydroxyl groups is 1. The minimum absolute atomic E-state index is 0.0113. The van der Waals surface area contributed by atoms with E-state index >= 15 is 0 Å². The van der Waals surface area contributed by atoms with Gasteiger partial charge in [-0.15, -0.1) is 0 Å². The first-order valence-electron chi connectivity index (χ1n) is 16.0. The highest BCUT2D eigenvalue weighted by atomic mass is 16.6. The maximum Gasteiger partial charge on any atom is 0.408 e. The lowest BCUT2D eigenvalue weighted by atomic mass is 10.00. The number of amides is 4. The number of carbonyl (C=O) groups excluding carboxylic acids is 4. The molecule has 0 heterocycles. The molecule has 248 valence electrons. The minimum atomic E-state index is -1.18. The van der Waals surface area contributed by atoms with Gasteiger partial charge in [-0.25, -0.2) is 4.79 Å². The largest absolute Gasteiger partial charge is 0.508 e. The number of fused-ring (bicyclic) bond motifs is 1. The highest BCUT2D eigenvalue weighted by Gasteiger charge is 2.36. The van der Waals surface area contributed by atoms with E-state index in [1.165, 1.54) is 17.0 Å². The summed E-state index contributed by atoms with van der Waals surface area (Å²) in [6.45, 7) is 7.46. The average molecular weight is 633 g/mol. The molecule has 0 aliphatic carbocycles. The number of rotatable bonds is 16. The van der Waals surface area contributed by atoms with Gasteiger partial charge < -0.3 is 31.1 Å². The van der Waals surface area contributed by atoms with Gasteiger partial charge in [-0.1, -0.05) is 81.5 Å². The van der Waals surface area contributed by atoms with E-state index < -0.39 is 41.5 Å². The van der Waals surface area contributed by atoms with Crippen LogP contribution in [-0.4, -0.2) is 52.0 Å². The number of alkyl carbamates (subject to hydrolysis) is 1. The van der Waals surface area contributed by atoms with Crippen LogP contribution in [0, 0.1) is 0 Å². The van der Waals surface area contributed by atoms with Crippen molar-refractivity contribution < 1.29 is 29.0 Å². The Kier molecular flexibility index (Phi) is 13.4. The molecule has 0 aliphatic heterocycles. The van der Waals surface area contributed by atoms with Crippen LogP contribution >= 0.6 is 0 Å².